The highest BCUT2D eigenvalue weighted by Gasteiger charge is 2.14. The number of hydrogen-bond donors (Lipinski definition) is 1. The molecule has 0 fully saturated rings. The number of rotatable bonds is 4. The predicted octanol–water partition coefficient (Wildman–Crippen LogP) is 2.47. The Bertz CT molecular complexity index is 366. The number of carbonyl (C=O) groups is 1. The van der Waals surface area contributed by atoms with Crippen molar-refractivity contribution in [2.45, 2.75) is 12.5 Å². The highest BCUT2D eigenvalue weighted by molar-refractivity contribution is 5.91. The molecule has 0 saturated heterocycles. The summed E-state index contributed by atoms with van der Waals surface area (Å²) in [6, 6.07) is 6.98. The first kappa shape index (κ1) is 14.7. The Kier molecular flexibility index (Phi) is 6.46. The number of ether oxygens (including phenoxy) is 1. The van der Waals surface area contributed by atoms with Gasteiger partial charge in [-0.05, 0) is 18.1 Å². The van der Waals surface area contributed by atoms with Gasteiger partial charge in [0, 0.05) is 6.04 Å². The summed E-state index contributed by atoms with van der Waals surface area (Å²) in [7, 11) is 1.36. The Balaban J connectivity index is 0.00000225. The number of benzene rings is 1. The second-order valence-electron chi connectivity index (χ2n) is 3.21. The molecule has 0 bridgehead atoms. The summed E-state index contributed by atoms with van der Waals surface area (Å²) < 4.78 is 4.68. The highest BCUT2D eigenvalue weighted by atomic mass is 35.5. The quantitative estimate of drug-likeness (QED) is 0.651. The van der Waals surface area contributed by atoms with Gasteiger partial charge in [0.15, 0.2) is 0 Å². The van der Waals surface area contributed by atoms with E-state index in [0.717, 1.165) is 5.56 Å². The molecule has 0 aliphatic carbocycles. The molecule has 0 saturated carbocycles. The number of esters is 1. The molecule has 1 atom stereocenters. The van der Waals surface area contributed by atoms with E-state index in [9.17, 15) is 4.79 Å². The first-order chi connectivity index (χ1) is 7.20. The van der Waals surface area contributed by atoms with Crippen LogP contribution in [0.3, 0.4) is 0 Å². The van der Waals surface area contributed by atoms with Gasteiger partial charge in [0.2, 0.25) is 0 Å². The number of hydrogen-bond acceptors (Lipinski definition) is 3. The van der Waals surface area contributed by atoms with Crippen LogP contribution in [0.2, 0.25) is 0 Å². The fraction of sp³-hybridized carbons (Fsp3) is 0.250. The summed E-state index contributed by atoms with van der Waals surface area (Å²) >= 11 is 0. The van der Waals surface area contributed by atoms with E-state index in [4.69, 9.17) is 5.73 Å². The Hall–Kier alpha value is -1.32. The van der Waals surface area contributed by atoms with Gasteiger partial charge in [0.05, 0.1) is 12.7 Å². The van der Waals surface area contributed by atoms with E-state index in [1.54, 1.807) is 18.2 Å². The van der Waals surface area contributed by atoms with Gasteiger partial charge in [-0.3, -0.25) is 0 Å². The van der Waals surface area contributed by atoms with E-state index in [1.165, 1.54) is 7.11 Å². The number of methoxy groups -OCH3 is 1. The molecule has 88 valence electrons. The molecule has 0 spiro atoms. The minimum absolute atomic E-state index is 0. The lowest BCUT2D eigenvalue weighted by molar-refractivity contribution is 0.0599. The van der Waals surface area contributed by atoms with Gasteiger partial charge < -0.3 is 10.5 Å². The molecule has 0 aliphatic rings. The fourth-order valence-electron chi connectivity index (χ4n) is 1.42. The van der Waals surface area contributed by atoms with Crippen LogP contribution in [0.25, 0.3) is 0 Å². The summed E-state index contributed by atoms with van der Waals surface area (Å²) in [5, 5.41) is 0. The average Bonchev–Trinajstić information content (AvgIpc) is 2.28. The third kappa shape index (κ3) is 3.36. The SMILES string of the molecule is C=CC[C@@H](N)c1ccccc1C(=O)OC.Cl. The van der Waals surface area contributed by atoms with E-state index < -0.39 is 0 Å². The second kappa shape index (κ2) is 7.04. The highest BCUT2D eigenvalue weighted by Crippen LogP contribution is 2.19. The third-order valence-corrected chi connectivity index (χ3v) is 2.19. The molecule has 3 nitrogen and oxygen atoms in total. The van der Waals surface area contributed by atoms with E-state index >= 15 is 0 Å². The van der Waals surface area contributed by atoms with Crippen LogP contribution in [0.1, 0.15) is 28.4 Å². The number of carbonyl (C=O) groups excluding carboxylic acids is 1. The van der Waals surface area contributed by atoms with Crippen LogP contribution >= 0.6 is 12.4 Å². The van der Waals surface area contributed by atoms with Crippen molar-refractivity contribution >= 4 is 18.4 Å². The summed E-state index contributed by atoms with van der Waals surface area (Å²) in [4.78, 5) is 11.4. The fourth-order valence-corrected chi connectivity index (χ4v) is 1.42. The molecular weight excluding hydrogens is 226 g/mol. The maximum absolute atomic E-state index is 11.4. The van der Waals surface area contributed by atoms with E-state index in [2.05, 4.69) is 11.3 Å². The molecule has 0 amide bonds. The Morgan fingerprint density at radius 3 is 2.75 bits per heavy atom. The maximum Gasteiger partial charge on any atom is 0.338 e. The zero-order valence-electron chi connectivity index (χ0n) is 9.18. The van der Waals surface area contributed by atoms with Crippen LogP contribution in [0.5, 0.6) is 0 Å². The van der Waals surface area contributed by atoms with E-state index in [1.807, 2.05) is 12.1 Å². The zero-order chi connectivity index (χ0) is 11.3. The van der Waals surface area contributed by atoms with Crippen LogP contribution in [0, 0.1) is 0 Å². The number of nitrogens with two attached hydrogens (primary N) is 1. The molecule has 2 N–H and O–H groups in total. The molecule has 16 heavy (non-hydrogen) atoms. The van der Waals surface area contributed by atoms with Crippen LogP contribution in [0.15, 0.2) is 36.9 Å². The molecule has 0 aliphatic heterocycles. The minimum Gasteiger partial charge on any atom is -0.465 e. The Morgan fingerprint density at radius 1 is 1.56 bits per heavy atom. The van der Waals surface area contributed by atoms with Gasteiger partial charge in [0.25, 0.3) is 0 Å². The molecule has 0 heterocycles. The average molecular weight is 242 g/mol. The van der Waals surface area contributed by atoms with Gasteiger partial charge in [-0.25, -0.2) is 4.79 Å². The molecule has 1 aromatic carbocycles. The van der Waals surface area contributed by atoms with Crippen LogP contribution in [-0.4, -0.2) is 13.1 Å². The Morgan fingerprint density at radius 2 is 2.19 bits per heavy atom. The monoisotopic (exact) mass is 241 g/mol. The van der Waals surface area contributed by atoms with Crippen LogP contribution in [-0.2, 0) is 4.74 Å². The van der Waals surface area contributed by atoms with Crippen molar-refractivity contribution in [3.8, 4) is 0 Å². The van der Waals surface area contributed by atoms with Crippen molar-refractivity contribution in [3.63, 3.8) is 0 Å². The van der Waals surface area contributed by atoms with Crippen molar-refractivity contribution in [3.05, 3.63) is 48.0 Å². The molecule has 0 unspecified atom stereocenters. The van der Waals surface area contributed by atoms with Crippen LogP contribution < -0.4 is 5.73 Å². The van der Waals surface area contributed by atoms with E-state index in [-0.39, 0.29) is 24.4 Å². The smallest absolute Gasteiger partial charge is 0.338 e. The lowest BCUT2D eigenvalue weighted by Gasteiger charge is -2.13. The Labute approximate surface area is 102 Å². The van der Waals surface area contributed by atoms with E-state index in [0.29, 0.717) is 12.0 Å². The minimum atomic E-state index is -0.356. The largest absolute Gasteiger partial charge is 0.465 e. The summed E-state index contributed by atoms with van der Waals surface area (Å²) in [5.74, 6) is -0.356. The first-order valence-electron chi connectivity index (χ1n) is 4.74. The van der Waals surface area contributed by atoms with Gasteiger partial charge >= 0.3 is 5.97 Å². The molecule has 1 aromatic rings. The van der Waals surface area contributed by atoms with Crippen molar-refractivity contribution in [1.82, 2.24) is 0 Å². The summed E-state index contributed by atoms with van der Waals surface area (Å²) in [6.45, 7) is 3.62. The van der Waals surface area contributed by atoms with Gasteiger partial charge in [0.1, 0.15) is 0 Å². The van der Waals surface area contributed by atoms with Gasteiger partial charge in [-0.15, -0.1) is 19.0 Å². The van der Waals surface area contributed by atoms with Crippen molar-refractivity contribution in [2.24, 2.45) is 5.73 Å². The van der Waals surface area contributed by atoms with Crippen molar-refractivity contribution in [2.75, 3.05) is 7.11 Å². The first-order valence-corrected chi connectivity index (χ1v) is 4.74. The standard InChI is InChI=1S/C12H15NO2.ClH/c1-3-6-11(13)9-7-4-5-8-10(9)12(14)15-2;/h3-5,7-8,11H,1,6,13H2,2H3;1H/t11-;/m1./s1. The van der Waals surface area contributed by atoms with Crippen molar-refractivity contribution < 1.29 is 9.53 Å². The normalized spacial score (nSPS) is 11.1. The molecule has 4 heteroatoms. The predicted molar refractivity (Wildman–Crippen MR) is 66.8 cm³/mol. The van der Waals surface area contributed by atoms with Crippen LogP contribution in [0.4, 0.5) is 0 Å². The molecule has 1 rings (SSSR count). The zero-order valence-corrected chi connectivity index (χ0v) is 10.00. The topological polar surface area (TPSA) is 52.3 Å². The molecule has 0 radical (unpaired) electrons. The van der Waals surface area contributed by atoms with Crippen molar-refractivity contribution in [1.29, 1.82) is 0 Å². The molecule has 0 aromatic heterocycles. The summed E-state index contributed by atoms with van der Waals surface area (Å²) in [5.41, 5.74) is 7.24. The van der Waals surface area contributed by atoms with Gasteiger partial charge in [-0.2, -0.15) is 0 Å². The number of halogens is 1. The van der Waals surface area contributed by atoms with Gasteiger partial charge in [-0.1, -0.05) is 24.3 Å². The lowest BCUT2D eigenvalue weighted by atomic mass is 9.99. The second-order valence-corrected chi connectivity index (χ2v) is 3.21. The molecular formula is C12H16ClNO2. The lowest BCUT2D eigenvalue weighted by Crippen LogP contribution is -2.15. The summed E-state index contributed by atoms with van der Waals surface area (Å²) in [6.07, 6.45) is 2.37. The maximum atomic E-state index is 11.4. The third-order valence-electron chi connectivity index (χ3n) is 2.19.